The second-order valence-electron chi connectivity index (χ2n) is 4.93. The summed E-state index contributed by atoms with van der Waals surface area (Å²) in [5, 5.41) is 12.2. The highest BCUT2D eigenvalue weighted by molar-refractivity contribution is 5.48. The minimum Gasteiger partial charge on any atom is -0.370 e. The monoisotopic (exact) mass is 259 g/mol. The molecule has 0 aliphatic carbocycles. The molecular formula is C14H21N5. The molecule has 19 heavy (non-hydrogen) atoms. The lowest BCUT2D eigenvalue weighted by atomic mass is 9.99. The Labute approximate surface area is 114 Å². The Morgan fingerprint density at radius 1 is 1.42 bits per heavy atom. The van der Waals surface area contributed by atoms with Crippen LogP contribution in [0.25, 0.3) is 0 Å². The fourth-order valence-electron chi connectivity index (χ4n) is 2.25. The Bertz CT molecular complexity index is 432. The first-order chi connectivity index (χ1) is 9.33. The first-order valence-electron chi connectivity index (χ1n) is 7.04. The first kappa shape index (κ1) is 13.6. The molecule has 5 nitrogen and oxygen atoms in total. The molecule has 1 aromatic heterocycles. The summed E-state index contributed by atoms with van der Waals surface area (Å²) in [6.45, 7) is 4.93. The molecule has 0 spiro atoms. The van der Waals surface area contributed by atoms with Gasteiger partial charge in [0.1, 0.15) is 18.0 Å². The van der Waals surface area contributed by atoms with Crippen LogP contribution in [-0.2, 0) is 0 Å². The number of nitrogens with zero attached hydrogens (tertiary/aromatic N) is 4. The Balaban J connectivity index is 1.93. The molecule has 1 saturated heterocycles. The third kappa shape index (κ3) is 3.82. The van der Waals surface area contributed by atoms with E-state index >= 15 is 0 Å². The highest BCUT2D eigenvalue weighted by atomic mass is 15.2. The number of nitriles is 1. The number of unbranched alkanes of at least 4 members (excludes halogenated alkanes) is 1. The molecule has 102 valence electrons. The molecule has 1 fully saturated rings. The largest absolute Gasteiger partial charge is 0.370 e. The van der Waals surface area contributed by atoms with Crippen LogP contribution in [0.15, 0.2) is 12.4 Å². The van der Waals surface area contributed by atoms with Gasteiger partial charge in [0.25, 0.3) is 0 Å². The van der Waals surface area contributed by atoms with E-state index in [1.165, 1.54) is 6.42 Å². The number of hydrogen-bond acceptors (Lipinski definition) is 5. The van der Waals surface area contributed by atoms with Crippen molar-refractivity contribution in [3.8, 4) is 6.07 Å². The molecule has 0 aromatic carbocycles. The van der Waals surface area contributed by atoms with Gasteiger partial charge < -0.3 is 10.2 Å². The highest BCUT2D eigenvalue weighted by Gasteiger charge is 2.19. The van der Waals surface area contributed by atoms with E-state index in [2.05, 4.69) is 33.2 Å². The minimum atomic E-state index is 0.209. The van der Waals surface area contributed by atoms with Crippen molar-refractivity contribution >= 4 is 11.6 Å². The molecule has 0 atom stereocenters. The van der Waals surface area contributed by atoms with Gasteiger partial charge in [-0.25, -0.2) is 9.97 Å². The average molecular weight is 259 g/mol. The average Bonchev–Trinajstić information content (AvgIpc) is 2.48. The molecule has 1 aliphatic rings. The smallest absolute Gasteiger partial charge is 0.134 e. The summed E-state index contributed by atoms with van der Waals surface area (Å²) in [6, 6.07) is 4.35. The fraction of sp³-hybridized carbons (Fsp3) is 0.643. The van der Waals surface area contributed by atoms with Crippen LogP contribution in [0.1, 0.15) is 32.6 Å². The van der Waals surface area contributed by atoms with Gasteiger partial charge in [0.05, 0.1) is 6.07 Å². The number of rotatable bonds is 5. The standard InChI is InChI=1S/C14H21N5/c1-2-3-6-16-13-9-14(18-11-17-13)19-7-4-12(10-15)5-8-19/h9,11-12H,2-8H2,1H3,(H,16,17,18). The summed E-state index contributed by atoms with van der Waals surface area (Å²) < 4.78 is 0. The lowest BCUT2D eigenvalue weighted by Crippen LogP contribution is -2.33. The number of hydrogen-bond donors (Lipinski definition) is 1. The molecular weight excluding hydrogens is 238 g/mol. The SMILES string of the molecule is CCCCNc1cc(N2CCC(C#N)CC2)ncn1. The van der Waals surface area contributed by atoms with Crippen molar-refractivity contribution in [1.29, 1.82) is 5.26 Å². The topological polar surface area (TPSA) is 64.8 Å². The maximum absolute atomic E-state index is 8.91. The molecule has 1 aliphatic heterocycles. The Hall–Kier alpha value is -1.83. The molecule has 0 saturated carbocycles. The van der Waals surface area contributed by atoms with Crippen molar-refractivity contribution in [2.24, 2.45) is 5.92 Å². The van der Waals surface area contributed by atoms with E-state index in [0.29, 0.717) is 0 Å². The van der Waals surface area contributed by atoms with Crippen LogP contribution >= 0.6 is 0 Å². The molecule has 2 heterocycles. The molecule has 1 aromatic rings. The van der Waals surface area contributed by atoms with E-state index in [0.717, 1.165) is 50.5 Å². The van der Waals surface area contributed by atoms with Gasteiger partial charge in [-0.1, -0.05) is 13.3 Å². The third-order valence-electron chi connectivity index (χ3n) is 3.49. The summed E-state index contributed by atoms with van der Waals surface area (Å²) in [5.41, 5.74) is 0. The Kier molecular flexibility index (Phi) is 4.96. The number of anilines is 2. The van der Waals surface area contributed by atoms with Crippen molar-refractivity contribution in [2.75, 3.05) is 29.9 Å². The number of aromatic nitrogens is 2. The minimum absolute atomic E-state index is 0.209. The molecule has 0 amide bonds. The van der Waals surface area contributed by atoms with Crippen LogP contribution in [0.2, 0.25) is 0 Å². The van der Waals surface area contributed by atoms with E-state index in [9.17, 15) is 0 Å². The van der Waals surface area contributed by atoms with Gasteiger partial charge in [-0.05, 0) is 19.3 Å². The van der Waals surface area contributed by atoms with Crippen LogP contribution in [0.4, 0.5) is 11.6 Å². The van der Waals surface area contributed by atoms with Crippen molar-refractivity contribution < 1.29 is 0 Å². The maximum atomic E-state index is 8.91. The maximum Gasteiger partial charge on any atom is 0.134 e. The van der Waals surface area contributed by atoms with Gasteiger partial charge in [-0.15, -0.1) is 0 Å². The molecule has 5 heteroatoms. The van der Waals surface area contributed by atoms with Crippen LogP contribution < -0.4 is 10.2 Å². The zero-order valence-electron chi connectivity index (χ0n) is 11.5. The summed E-state index contributed by atoms with van der Waals surface area (Å²) in [6.07, 6.45) is 5.79. The van der Waals surface area contributed by atoms with Gasteiger partial charge >= 0.3 is 0 Å². The second kappa shape index (κ2) is 6.93. The van der Waals surface area contributed by atoms with Crippen LogP contribution in [-0.4, -0.2) is 29.6 Å². The predicted molar refractivity (Wildman–Crippen MR) is 76.0 cm³/mol. The van der Waals surface area contributed by atoms with Crippen molar-refractivity contribution in [1.82, 2.24) is 9.97 Å². The van der Waals surface area contributed by atoms with Crippen molar-refractivity contribution in [3.63, 3.8) is 0 Å². The van der Waals surface area contributed by atoms with Crippen molar-refractivity contribution in [3.05, 3.63) is 12.4 Å². The Morgan fingerprint density at radius 2 is 2.21 bits per heavy atom. The molecule has 0 bridgehead atoms. The van der Waals surface area contributed by atoms with Gasteiger partial charge in [-0.2, -0.15) is 5.26 Å². The van der Waals surface area contributed by atoms with E-state index in [1.54, 1.807) is 6.33 Å². The van der Waals surface area contributed by atoms with Crippen LogP contribution in [0, 0.1) is 17.2 Å². The third-order valence-corrected chi connectivity index (χ3v) is 3.49. The molecule has 0 radical (unpaired) electrons. The first-order valence-corrected chi connectivity index (χ1v) is 7.04. The lowest BCUT2D eigenvalue weighted by molar-refractivity contribution is 0.485. The second-order valence-corrected chi connectivity index (χ2v) is 4.93. The molecule has 0 unspecified atom stereocenters. The molecule has 1 N–H and O–H groups in total. The van der Waals surface area contributed by atoms with Crippen LogP contribution in [0.3, 0.4) is 0 Å². The lowest BCUT2D eigenvalue weighted by Gasteiger charge is -2.30. The zero-order valence-corrected chi connectivity index (χ0v) is 11.5. The summed E-state index contributed by atoms with van der Waals surface area (Å²) in [4.78, 5) is 10.8. The van der Waals surface area contributed by atoms with Crippen molar-refractivity contribution in [2.45, 2.75) is 32.6 Å². The highest BCUT2D eigenvalue weighted by Crippen LogP contribution is 2.22. The van der Waals surface area contributed by atoms with Gasteiger partial charge in [0, 0.05) is 31.6 Å². The van der Waals surface area contributed by atoms with Gasteiger partial charge in [-0.3, -0.25) is 0 Å². The summed E-state index contributed by atoms with van der Waals surface area (Å²) in [5.74, 6) is 2.06. The molecule has 2 rings (SSSR count). The fourth-order valence-corrected chi connectivity index (χ4v) is 2.25. The normalized spacial score (nSPS) is 16.1. The van der Waals surface area contributed by atoms with Gasteiger partial charge in [0.2, 0.25) is 0 Å². The van der Waals surface area contributed by atoms with E-state index in [-0.39, 0.29) is 5.92 Å². The Morgan fingerprint density at radius 3 is 2.89 bits per heavy atom. The summed E-state index contributed by atoms with van der Waals surface area (Å²) >= 11 is 0. The van der Waals surface area contributed by atoms with Crippen LogP contribution in [0.5, 0.6) is 0 Å². The van der Waals surface area contributed by atoms with E-state index < -0.39 is 0 Å². The zero-order chi connectivity index (χ0) is 13.5. The number of nitrogens with one attached hydrogen (secondary N) is 1. The predicted octanol–water partition coefficient (Wildman–Crippen LogP) is 2.43. The van der Waals surface area contributed by atoms with E-state index in [1.807, 2.05) is 6.07 Å². The number of piperidine rings is 1. The quantitative estimate of drug-likeness (QED) is 0.823. The van der Waals surface area contributed by atoms with Gasteiger partial charge in [0.15, 0.2) is 0 Å². The summed E-state index contributed by atoms with van der Waals surface area (Å²) in [7, 11) is 0. The van der Waals surface area contributed by atoms with E-state index in [4.69, 9.17) is 5.26 Å².